The second-order valence-corrected chi connectivity index (χ2v) is 7.81. The summed E-state index contributed by atoms with van der Waals surface area (Å²) in [6.45, 7) is 4.72. The molecule has 0 bridgehead atoms. The Hall–Kier alpha value is -2.64. The monoisotopic (exact) mass is 472 g/mol. The van der Waals surface area contributed by atoms with Crippen molar-refractivity contribution in [2.45, 2.75) is 18.4 Å². The van der Waals surface area contributed by atoms with Gasteiger partial charge in [0, 0.05) is 36.0 Å². The van der Waals surface area contributed by atoms with Crippen LogP contribution in [0.2, 0.25) is 0 Å². The van der Waals surface area contributed by atoms with Crippen molar-refractivity contribution in [2.75, 3.05) is 26.4 Å². The maximum Gasteiger partial charge on any atom is 0.252 e. The SMILES string of the molecule is C=CCNC(=O)[C@@]1(Cc2ccccc2Br)COC(c2ccc(OCCCO)cc2)=N1. The summed E-state index contributed by atoms with van der Waals surface area (Å²) in [5.41, 5.74) is 0.695. The lowest BCUT2D eigenvalue weighted by Crippen LogP contribution is -2.48. The number of benzene rings is 2. The number of ether oxygens (including phenoxy) is 2. The van der Waals surface area contributed by atoms with Crippen LogP contribution in [0.1, 0.15) is 17.5 Å². The first-order chi connectivity index (χ1) is 14.6. The molecule has 0 spiro atoms. The topological polar surface area (TPSA) is 80.2 Å². The van der Waals surface area contributed by atoms with Crippen molar-refractivity contribution < 1.29 is 19.4 Å². The highest BCUT2D eigenvalue weighted by Crippen LogP contribution is 2.30. The molecule has 1 aliphatic rings. The third-order valence-corrected chi connectivity index (χ3v) is 5.48. The number of halogens is 1. The molecule has 2 aromatic rings. The molecule has 0 unspecified atom stereocenters. The van der Waals surface area contributed by atoms with E-state index in [-0.39, 0.29) is 19.1 Å². The van der Waals surface area contributed by atoms with E-state index < -0.39 is 5.54 Å². The first kappa shape index (κ1) is 22.1. The molecule has 0 aliphatic carbocycles. The van der Waals surface area contributed by atoms with E-state index in [0.717, 1.165) is 15.6 Å². The lowest BCUT2D eigenvalue weighted by atomic mass is 9.91. The van der Waals surface area contributed by atoms with Gasteiger partial charge in [-0.3, -0.25) is 4.79 Å². The van der Waals surface area contributed by atoms with Crippen LogP contribution < -0.4 is 10.1 Å². The molecular weight excluding hydrogens is 448 g/mol. The minimum absolute atomic E-state index is 0.0935. The van der Waals surface area contributed by atoms with Gasteiger partial charge in [0.25, 0.3) is 5.91 Å². The molecular formula is C23H25BrN2O4. The zero-order valence-electron chi connectivity index (χ0n) is 16.6. The van der Waals surface area contributed by atoms with Crippen LogP contribution in [-0.2, 0) is 16.0 Å². The lowest BCUT2D eigenvalue weighted by Gasteiger charge is -2.23. The second kappa shape index (κ2) is 10.4. The minimum atomic E-state index is -1.06. The number of carbonyl (C=O) groups is 1. The average molecular weight is 473 g/mol. The number of carbonyl (C=O) groups excluding carboxylic acids is 1. The van der Waals surface area contributed by atoms with Crippen LogP contribution in [0, 0.1) is 0 Å². The van der Waals surface area contributed by atoms with Crippen molar-refractivity contribution >= 4 is 27.7 Å². The molecule has 1 heterocycles. The van der Waals surface area contributed by atoms with Crippen molar-refractivity contribution in [3.8, 4) is 5.75 Å². The van der Waals surface area contributed by atoms with Crippen LogP contribution >= 0.6 is 15.9 Å². The summed E-state index contributed by atoms with van der Waals surface area (Å²) < 4.78 is 12.4. The van der Waals surface area contributed by atoms with Gasteiger partial charge >= 0.3 is 0 Å². The van der Waals surface area contributed by atoms with Crippen molar-refractivity contribution in [3.63, 3.8) is 0 Å². The zero-order chi connectivity index (χ0) is 21.4. The number of hydrogen-bond acceptors (Lipinski definition) is 5. The summed E-state index contributed by atoms with van der Waals surface area (Å²) in [5, 5.41) is 11.7. The summed E-state index contributed by atoms with van der Waals surface area (Å²) in [5.74, 6) is 0.934. The Morgan fingerprint density at radius 3 is 2.77 bits per heavy atom. The number of aliphatic imine (C=N–C) groups is 1. The normalized spacial score (nSPS) is 17.7. The first-order valence-corrected chi connectivity index (χ1v) is 10.6. The molecule has 158 valence electrons. The van der Waals surface area contributed by atoms with Gasteiger partial charge in [0.2, 0.25) is 5.90 Å². The Morgan fingerprint density at radius 1 is 1.30 bits per heavy atom. The maximum atomic E-state index is 13.0. The van der Waals surface area contributed by atoms with Gasteiger partial charge in [0.1, 0.15) is 12.4 Å². The molecule has 2 aromatic carbocycles. The summed E-state index contributed by atoms with van der Waals surface area (Å²) in [6.07, 6.45) is 2.62. The van der Waals surface area contributed by atoms with E-state index in [1.54, 1.807) is 6.08 Å². The van der Waals surface area contributed by atoms with Gasteiger partial charge in [-0.25, -0.2) is 4.99 Å². The quantitative estimate of drug-likeness (QED) is 0.410. The Labute approximate surface area is 184 Å². The molecule has 0 saturated carbocycles. The van der Waals surface area contributed by atoms with Crippen LogP contribution in [0.15, 0.2) is 70.7 Å². The number of amides is 1. The fraction of sp³-hybridized carbons (Fsp3) is 0.304. The van der Waals surface area contributed by atoms with Gasteiger partial charge in [0.15, 0.2) is 5.54 Å². The van der Waals surface area contributed by atoms with Gasteiger partial charge in [-0.15, -0.1) is 6.58 Å². The number of hydrogen-bond donors (Lipinski definition) is 2. The fourth-order valence-corrected chi connectivity index (χ4v) is 3.54. The summed E-state index contributed by atoms with van der Waals surface area (Å²) in [6, 6.07) is 15.1. The molecule has 0 fully saturated rings. The molecule has 3 rings (SSSR count). The van der Waals surface area contributed by atoms with E-state index in [1.165, 1.54) is 0 Å². The van der Waals surface area contributed by atoms with Crippen LogP contribution in [-0.4, -0.2) is 48.8 Å². The van der Waals surface area contributed by atoms with Crippen molar-refractivity contribution in [1.29, 1.82) is 0 Å². The Morgan fingerprint density at radius 2 is 2.07 bits per heavy atom. The average Bonchev–Trinajstić information content (AvgIpc) is 3.20. The fourth-order valence-electron chi connectivity index (χ4n) is 3.12. The van der Waals surface area contributed by atoms with Gasteiger partial charge in [-0.2, -0.15) is 0 Å². The van der Waals surface area contributed by atoms with E-state index >= 15 is 0 Å². The molecule has 30 heavy (non-hydrogen) atoms. The maximum absolute atomic E-state index is 13.0. The van der Waals surface area contributed by atoms with E-state index in [2.05, 4.69) is 27.8 Å². The highest BCUT2D eigenvalue weighted by atomic mass is 79.9. The van der Waals surface area contributed by atoms with Crippen molar-refractivity contribution in [1.82, 2.24) is 5.32 Å². The predicted octanol–water partition coefficient (Wildman–Crippen LogP) is 3.27. The van der Waals surface area contributed by atoms with E-state index in [4.69, 9.17) is 19.6 Å². The van der Waals surface area contributed by atoms with E-state index in [1.807, 2.05) is 48.5 Å². The van der Waals surface area contributed by atoms with Crippen molar-refractivity contribution in [2.24, 2.45) is 4.99 Å². The number of aliphatic hydroxyl groups is 1. The smallest absolute Gasteiger partial charge is 0.252 e. The van der Waals surface area contributed by atoms with Crippen LogP contribution in [0.5, 0.6) is 5.75 Å². The van der Waals surface area contributed by atoms with Gasteiger partial charge in [0.05, 0.1) is 6.61 Å². The number of rotatable bonds is 10. The summed E-state index contributed by atoms with van der Waals surface area (Å²) in [7, 11) is 0. The third-order valence-electron chi connectivity index (χ3n) is 4.71. The zero-order valence-corrected chi connectivity index (χ0v) is 18.2. The molecule has 6 nitrogen and oxygen atoms in total. The highest BCUT2D eigenvalue weighted by Gasteiger charge is 2.44. The standard InChI is InChI=1S/C23H25BrN2O4/c1-2-12-25-22(28)23(15-18-6-3-4-7-20(18)24)16-30-21(26-23)17-8-10-19(11-9-17)29-14-5-13-27/h2-4,6-11,27H,1,5,12-16H2,(H,25,28)/t23-/m1/s1. The van der Waals surface area contributed by atoms with Gasteiger partial charge in [-0.1, -0.05) is 40.2 Å². The van der Waals surface area contributed by atoms with E-state index in [0.29, 0.717) is 37.6 Å². The molecule has 2 N–H and O–H groups in total. The van der Waals surface area contributed by atoms with Gasteiger partial charge in [-0.05, 0) is 35.9 Å². The van der Waals surface area contributed by atoms with Gasteiger partial charge < -0.3 is 19.9 Å². The number of aliphatic hydroxyl groups excluding tert-OH is 1. The minimum Gasteiger partial charge on any atom is -0.494 e. The largest absolute Gasteiger partial charge is 0.494 e. The predicted molar refractivity (Wildman–Crippen MR) is 120 cm³/mol. The second-order valence-electron chi connectivity index (χ2n) is 6.95. The van der Waals surface area contributed by atoms with Crippen LogP contribution in [0.25, 0.3) is 0 Å². The third kappa shape index (κ3) is 5.29. The van der Waals surface area contributed by atoms with Crippen LogP contribution in [0.3, 0.4) is 0 Å². The molecule has 1 atom stereocenters. The molecule has 0 aromatic heterocycles. The summed E-state index contributed by atoms with van der Waals surface area (Å²) >= 11 is 3.56. The lowest BCUT2D eigenvalue weighted by molar-refractivity contribution is -0.126. The van der Waals surface area contributed by atoms with Crippen molar-refractivity contribution in [3.05, 3.63) is 76.8 Å². The molecule has 0 saturated heterocycles. The Balaban J connectivity index is 1.84. The summed E-state index contributed by atoms with van der Waals surface area (Å²) in [4.78, 5) is 17.8. The molecule has 1 amide bonds. The van der Waals surface area contributed by atoms with Crippen LogP contribution in [0.4, 0.5) is 0 Å². The molecule has 1 aliphatic heterocycles. The highest BCUT2D eigenvalue weighted by molar-refractivity contribution is 9.10. The molecule has 0 radical (unpaired) electrons. The van der Waals surface area contributed by atoms with E-state index in [9.17, 15) is 4.79 Å². The Bertz CT molecular complexity index is 914. The Kier molecular flexibility index (Phi) is 7.65. The number of nitrogens with zero attached hydrogens (tertiary/aromatic N) is 1. The number of nitrogens with one attached hydrogen (secondary N) is 1. The molecule has 7 heteroatoms. The first-order valence-electron chi connectivity index (χ1n) is 9.77.